The topological polar surface area (TPSA) is 37.4 Å². The molecule has 1 fully saturated rings. The molecule has 2 rings (SSSR count). The molecule has 0 aromatic carbocycles. The lowest BCUT2D eigenvalue weighted by atomic mass is 9.73. The van der Waals surface area contributed by atoms with Crippen molar-refractivity contribution in [2.75, 3.05) is 0 Å². The van der Waals surface area contributed by atoms with E-state index in [1.54, 1.807) is 0 Å². The Balaban J connectivity index is 2.07. The first-order chi connectivity index (χ1) is 7.94. The Bertz CT molecular complexity index is 344. The molecule has 0 N–H and O–H groups in total. The molecule has 1 saturated carbocycles. The fourth-order valence-electron chi connectivity index (χ4n) is 3.08. The smallest absolute Gasteiger partial charge is 0.254 e. The Kier molecular flexibility index (Phi) is 3.11. The summed E-state index contributed by atoms with van der Waals surface area (Å²) in [5.41, 5.74) is -0.261. The van der Waals surface area contributed by atoms with E-state index in [1.165, 1.54) is 17.1 Å². The summed E-state index contributed by atoms with van der Waals surface area (Å²) < 4.78 is 0. The predicted octanol–water partition coefficient (Wildman–Crippen LogP) is 2.52. The second-order valence-electron chi connectivity index (χ2n) is 5.92. The molecule has 0 saturated heterocycles. The first-order valence-electron chi connectivity index (χ1n) is 6.50. The average molecular weight is 235 g/mol. The summed E-state index contributed by atoms with van der Waals surface area (Å²) in [5.74, 6) is 1.16. The monoisotopic (exact) mass is 235 g/mol. The van der Waals surface area contributed by atoms with Gasteiger partial charge in [-0.05, 0) is 44.4 Å². The van der Waals surface area contributed by atoms with Gasteiger partial charge < -0.3 is 0 Å². The lowest BCUT2D eigenvalue weighted by molar-refractivity contribution is -0.145. The fraction of sp³-hybridized carbons (Fsp3) is 0.714. The largest absolute Gasteiger partial charge is 0.269 e. The summed E-state index contributed by atoms with van der Waals surface area (Å²) >= 11 is 0. The molecule has 0 bridgehead atoms. The van der Waals surface area contributed by atoms with Crippen LogP contribution in [0.15, 0.2) is 12.2 Å². The van der Waals surface area contributed by atoms with Crippen molar-refractivity contribution in [1.82, 2.24) is 4.90 Å². The molecule has 17 heavy (non-hydrogen) atoms. The third-order valence-corrected chi connectivity index (χ3v) is 4.40. The lowest BCUT2D eigenvalue weighted by Gasteiger charge is -2.43. The van der Waals surface area contributed by atoms with Crippen LogP contribution in [-0.4, -0.2) is 22.3 Å². The maximum Gasteiger partial charge on any atom is 0.254 e. The SMILES string of the molecule is CC(C)C1CCC(C)(N2C(=O)C=CC2=O)CC1. The minimum Gasteiger partial charge on any atom is -0.269 e. The van der Waals surface area contributed by atoms with Crippen LogP contribution in [0.1, 0.15) is 46.5 Å². The van der Waals surface area contributed by atoms with Crippen LogP contribution in [0.4, 0.5) is 0 Å². The van der Waals surface area contributed by atoms with Crippen LogP contribution >= 0.6 is 0 Å². The van der Waals surface area contributed by atoms with E-state index in [0.717, 1.165) is 31.6 Å². The van der Waals surface area contributed by atoms with E-state index in [4.69, 9.17) is 0 Å². The van der Waals surface area contributed by atoms with E-state index in [9.17, 15) is 9.59 Å². The molecule has 3 nitrogen and oxygen atoms in total. The number of carbonyl (C=O) groups is 2. The van der Waals surface area contributed by atoms with Crippen molar-refractivity contribution in [3.05, 3.63) is 12.2 Å². The van der Waals surface area contributed by atoms with Crippen molar-refractivity contribution in [2.24, 2.45) is 11.8 Å². The zero-order valence-corrected chi connectivity index (χ0v) is 10.9. The molecule has 0 spiro atoms. The van der Waals surface area contributed by atoms with Crippen LogP contribution in [0, 0.1) is 11.8 Å². The molecule has 94 valence electrons. The van der Waals surface area contributed by atoms with Gasteiger partial charge in [0.05, 0.1) is 0 Å². The molecule has 0 radical (unpaired) electrons. The summed E-state index contributed by atoms with van der Waals surface area (Å²) in [6.07, 6.45) is 6.89. The van der Waals surface area contributed by atoms with Crippen LogP contribution in [0.5, 0.6) is 0 Å². The van der Waals surface area contributed by atoms with E-state index in [0.29, 0.717) is 5.92 Å². The Hall–Kier alpha value is -1.12. The summed E-state index contributed by atoms with van der Waals surface area (Å²) in [7, 11) is 0. The average Bonchev–Trinajstić information content (AvgIpc) is 2.59. The van der Waals surface area contributed by atoms with Gasteiger partial charge in [0.25, 0.3) is 11.8 Å². The first kappa shape index (κ1) is 12.3. The Labute approximate surface area is 103 Å². The molecule has 0 aromatic rings. The third-order valence-electron chi connectivity index (χ3n) is 4.40. The zero-order chi connectivity index (χ0) is 12.6. The second-order valence-corrected chi connectivity index (χ2v) is 5.92. The highest BCUT2D eigenvalue weighted by Gasteiger charge is 2.43. The highest BCUT2D eigenvalue weighted by Crippen LogP contribution is 2.40. The standard InChI is InChI=1S/C14H21NO2/c1-10(2)11-6-8-14(3,9-7-11)15-12(16)4-5-13(15)17/h4-5,10-11H,6-9H2,1-3H3. The predicted molar refractivity (Wildman–Crippen MR) is 66.2 cm³/mol. The van der Waals surface area contributed by atoms with E-state index >= 15 is 0 Å². The van der Waals surface area contributed by atoms with Gasteiger partial charge >= 0.3 is 0 Å². The van der Waals surface area contributed by atoms with E-state index in [-0.39, 0.29) is 17.4 Å². The Morgan fingerprint density at radius 2 is 1.65 bits per heavy atom. The Morgan fingerprint density at radius 1 is 1.18 bits per heavy atom. The molecule has 1 aliphatic heterocycles. The summed E-state index contributed by atoms with van der Waals surface area (Å²) in [6.45, 7) is 6.55. The molecule has 1 heterocycles. The van der Waals surface area contributed by atoms with Crippen molar-refractivity contribution >= 4 is 11.8 Å². The minimum atomic E-state index is -0.261. The van der Waals surface area contributed by atoms with E-state index in [1.807, 2.05) is 6.92 Å². The van der Waals surface area contributed by atoms with Crippen LogP contribution in [-0.2, 0) is 9.59 Å². The third kappa shape index (κ3) is 2.15. The van der Waals surface area contributed by atoms with Gasteiger partial charge in [-0.2, -0.15) is 0 Å². The number of rotatable bonds is 2. The van der Waals surface area contributed by atoms with Crippen LogP contribution < -0.4 is 0 Å². The molecule has 0 aromatic heterocycles. The van der Waals surface area contributed by atoms with Crippen molar-refractivity contribution in [3.8, 4) is 0 Å². The number of hydrogen-bond acceptors (Lipinski definition) is 2. The quantitative estimate of drug-likeness (QED) is 0.690. The normalized spacial score (nSPS) is 33.9. The first-order valence-corrected chi connectivity index (χ1v) is 6.50. The maximum absolute atomic E-state index is 11.7. The van der Waals surface area contributed by atoms with Crippen molar-refractivity contribution in [3.63, 3.8) is 0 Å². The molecular weight excluding hydrogens is 214 g/mol. The second kappa shape index (κ2) is 4.28. The van der Waals surface area contributed by atoms with Crippen molar-refractivity contribution in [1.29, 1.82) is 0 Å². The fourth-order valence-corrected chi connectivity index (χ4v) is 3.08. The highest BCUT2D eigenvalue weighted by atomic mass is 16.2. The molecule has 2 aliphatic rings. The molecule has 2 amide bonds. The van der Waals surface area contributed by atoms with Crippen LogP contribution in [0.25, 0.3) is 0 Å². The van der Waals surface area contributed by atoms with Gasteiger partial charge in [-0.15, -0.1) is 0 Å². The minimum absolute atomic E-state index is 0.138. The molecular formula is C14H21NO2. The number of amides is 2. The molecule has 0 atom stereocenters. The van der Waals surface area contributed by atoms with Crippen LogP contribution in [0.3, 0.4) is 0 Å². The van der Waals surface area contributed by atoms with E-state index < -0.39 is 0 Å². The lowest BCUT2D eigenvalue weighted by Crippen LogP contribution is -2.52. The van der Waals surface area contributed by atoms with Gasteiger partial charge in [0, 0.05) is 17.7 Å². The summed E-state index contributed by atoms with van der Waals surface area (Å²) in [4.78, 5) is 24.9. The molecule has 0 unspecified atom stereocenters. The highest BCUT2D eigenvalue weighted by molar-refractivity contribution is 6.13. The molecule has 1 aliphatic carbocycles. The van der Waals surface area contributed by atoms with Gasteiger partial charge in [0.2, 0.25) is 0 Å². The van der Waals surface area contributed by atoms with Gasteiger partial charge in [-0.3, -0.25) is 14.5 Å². The number of nitrogens with zero attached hydrogens (tertiary/aromatic N) is 1. The van der Waals surface area contributed by atoms with Gasteiger partial charge in [-0.1, -0.05) is 13.8 Å². The van der Waals surface area contributed by atoms with E-state index in [2.05, 4.69) is 13.8 Å². The zero-order valence-electron chi connectivity index (χ0n) is 10.9. The Morgan fingerprint density at radius 3 is 2.06 bits per heavy atom. The number of hydrogen-bond donors (Lipinski definition) is 0. The summed E-state index contributed by atoms with van der Waals surface area (Å²) in [5, 5.41) is 0. The number of carbonyl (C=O) groups excluding carboxylic acids is 2. The van der Waals surface area contributed by atoms with Gasteiger partial charge in [-0.25, -0.2) is 0 Å². The van der Waals surface area contributed by atoms with Crippen molar-refractivity contribution < 1.29 is 9.59 Å². The van der Waals surface area contributed by atoms with Gasteiger partial charge in [0.15, 0.2) is 0 Å². The summed E-state index contributed by atoms with van der Waals surface area (Å²) in [6, 6.07) is 0. The van der Waals surface area contributed by atoms with Crippen LogP contribution in [0.2, 0.25) is 0 Å². The molecule has 3 heteroatoms. The number of imide groups is 1. The maximum atomic E-state index is 11.7. The van der Waals surface area contributed by atoms with Crippen molar-refractivity contribution in [2.45, 2.75) is 52.0 Å². The van der Waals surface area contributed by atoms with Gasteiger partial charge in [0.1, 0.15) is 0 Å².